The average molecular weight is 280 g/mol. The van der Waals surface area contributed by atoms with Crippen LogP contribution in [0.4, 0.5) is 0 Å². The van der Waals surface area contributed by atoms with E-state index in [1.54, 1.807) is 0 Å². The van der Waals surface area contributed by atoms with Crippen LogP contribution < -0.4 is 0 Å². The van der Waals surface area contributed by atoms with Gasteiger partial charge in [-0.05, 0) is 31.6 Å². The summed E-state index contributed by atoms with van der Waals surface area (Å²) in [5.41, 5.74) is 0. The lowest BCUT2D eigenvalue weighted by Gasteiger charge is -2.33. The van der Waals surface area contributed by atoms with Crippen molar-refractivity contribution in [3.8, 4) is 0 Å². The molecule has 2 unspecified atom stereocenters. The summed E-state index contributed by atoms with van der Waals surface area (Å²) in [4.78, 5) is 28.9. The lowest BCUT2D eigenvalue weighted by Crippen LogP contribution is -2.52. The second kappa shape index (κ2) is 5.72. The van der Waals surface area contributed by atoms with E-state index in [0.717, 1.165) is 19.4 Å². The maximum absolute atomic E-state index is 12.6. The van der Waals surface area contributed by atoms with E-state index in [1.165, 1.54) is 12.8 Å². The molecule has 3 fully saturated rings. The normalized spacial score (nSPS) is 28.6. The summed E-state index contributed by atoms with van der Waals surface area (Å²) < 4.78 is 5.29. The molecule has 20 heavy (non-hydrogen) atoms. The minimum atomic E-state index is -0.221. The molecule has 112 valence electrons. The van der Waals surface area contributed by atoms with Gasteiger partial charge in [-0.25, -0.2) is 0 Å². The predicted octanol–water partition coefficient (Wildman–Crippen LogP) is 0.882. The van der Waals surface area contributed by atoms with Crippen LogP contribution >= 0.6 is 0 Å². The summed E-state index contributed by atoms with van der Waals surface area (Å²) in [6, 6.07) is -0.221. The summed E-state index contributed by atoms with van der Waals surface area (Å²) >= 11 is 0. The Labute approximate surface area is 120 Å². The molecule has 3 rings (SSSR count). The first-order chi connectivity index (χ1) is 9.68. The zero-order valence-corrected chi connectivity index (χ0v) is 12.2. The highest BCUT2D eigenvalue weighted by Gasteiger charge is 2.41. The number of hydrogen-bond acceptors (Lipinski definition) is 3. The third-order valence-corrected chi connectivity index (χ3v) is 4.86. The van der Waals surface area contributed by atoms with Gasteiger partial charge in [-0.15, -0.1) is 0 Å². The largest absolute Gasteiger partial charge is 0.378 e. The number of ether oxygens (including phenoxy) is 1. The second-order valence-corrected chi connectivity index (χ2v) is 6.25. The van der Waals surface area contributed by atoms with Crippen molar-refractivity contribution in [1.29, 1.82) is 0 Å². The number of nitrogens with zero attached hydrogens (tertiary/aromatic N) is 2. The molecular weight excluding hydrogens is 256 g/mol. The second-order valence-electron chi connectivity index (χ2n) is 6.25. The lowest BCUT2D eigenvalue weighted by atomic mass is 10.0. The van der Waals surface area contributed by atoms with Gasteiger partial charge in [-0.1, -0.05) is 6.92 Å². The molecule has 1 aliphatic carbocycles. The maximum Gasteiger partial charge on any atom is 0.245 e. The van der Waals surface area contributed by atoms with Gasteiger partial charge in [-0.2, -0.15) is 0 Å². The van der Waals surface area contributed by atoms with E-state index >= 15 is 0 Å². The summed E-state index contributed by atoms with van der Waals surface area (Å²) in [5.74, 6) is 0.967. The van der Waals surface area contributed by atoms with Crippen LogP contribution in [0, 0.1) is 11.8 Å². The van der Waals surface area contributed by atoms with Crippen LogP contribution in [0.5, 0.6) is 0 Å². The molecule has 2 saturated heterocycles. The Bertz CT molecular complexity index is 389. The van der Waals surface area contributed by atoms with Gasteiger partial charge in [0.25, 0.3) is 0 Å². The minimum absolute atomic E-state index is 0.0908. The lowest BCUT2D eigenvalue weighted by molar-refractivity contribution is -0.148. The van der Waals surface area contributed by atoms with Crippen molar-refractivity contribution >= 4 is 11.8 Å². The van der Waals surface area contributed by atoms with E-state index in [1.807, 2.05) is 16.7 Å². The average Bonchev–Trinajstić information content (AvgIpc) is 3.23. The molecule has 0 spiro atoms. The van der Waals surface area contributed by atoms with E-state index in [4.69, 9.17) is 4.74 Å². The van der Waals surface area contributed by atoms with Crippen molar-refractivity contribution in [1.82, 2.24) is 9.80 Å². The van der Waals surface area contributed by atoms with E-state index in [0.29, 0.717) is 32.2 Å². The number of rotatable bonds is 3. The number of likely N-dealkylation sites (tertiary alicyclic amines) is 1. The van der Waals surface area contributed by atoms with E-state index in [9.17, 15) is 9.59 Å². The van der Waals surface area contributed by atoms with Gasteiger partial charge in [0.05, 0.1) is 13.2 Å². The number of morpholine rings is 1. The van der Waals surface area contributed by atoms with Crippen molar-refractivity contribution in [2.75, 3.05) is 32.8 Å². The molecule has 0 aromatic rings. The van der Waals surface area contributed by atoms with Crippen molar-refractivity contribution in [2.45, 2.75) is 38.6 Å². The first-order valence-corrected chi connectivity index (χ1v) is 7.85. The van der Waals surface area contributed by atoms with Crippen LogP contribution in [0.1, 0.15) is 32.6 Å². The standard InChI is InChI=1S/C15H24N2O3/c1-11(12-4-5-12)14(18)17-6-2-3-13(17)15(19)16-7-9-20-10-8-16/h11-13H,2-10H2,1H3. The van der Waals surface area contributed by atoms with Crippen molar-refractivity contribution in [2.24, 2.45) is 11.8 Å². The molecule has 5 heteroatoms. The summed E-state index contributed by atoms with van der Waals surface area (Å²) in [5, 5.41) is 0. The van der Waals surface area contributed by atoms with Crippen molar-refractivity contribution < 1.29 is 14.3 Å². The molecule has 0 N–H and O–H groups in total. The smallest absolute Gasteiger partial charge is 0.245 e. The quantitative estimate of drug-likeness (QED) is 0.771. The third kappa shape index (κ3) is 2.68. The van der Waals surface area contributed by atoms with Crippen LogP contribution in [0.25, 0.3) is 0 Å². The van der Waals surface area contributed by atoms with Crippen LogP contribution in [-0.4, -0.2) is 60.5 Å². The van der Waals surface area contributed by atoms with Gasteiger partial charge in [0.1, 0.15) is 6.04 Å². The zero-order chi connectivity index (χ0) is 14.1. The van der Waals surface area contributed by atoms with E-state index < -0.39 is 0 Å². The molecule has 2 amide bonds. The van der Waals surface area contributed by atoms with Crippen molar-refractivity contribution in [3.05, 3.63) is 0 Å². The van der Waals surface area contributed by atoms with Gasteiger partial charge in [-0.3, -0.25) is 9.59 Å². The molecule has 1 saturated carbocycles. The molecule has 0 aromatic heterocycles. The first-order valence-electron chi connectivity index (χ1n) is 7.85. The van der Waals surface area contributed by atoms with Crippen molar-refractivity contribution in [3.63, 3.8) is 0 Å². The number of carbonyl (C=O) groups excluding carboxylic acids is 2. The van der Waals surface area contributed by atoms with Crippen LogP contribution in [0.2, 0.25) is 0 Å². The molecule has 5 nitrogen and oxygen atoms in total. The fraction of sp³-hybridized carbons (Fsp3) is 0.867. The Balaban J connectivity index is 1.64. The fourth-order valence-corrected chi connectivity index (χ4v) is 3.34. The Morgan fingerprint density at radius 2 is 1.80 bits per heavy atom. The Morgan fingerprint density at radius 3 is 2.45 bits per heavy atom. The SMILES string of the molecule is CC(C(=O)N1CCCC1C(=O)N1CCOCC1)C1CC1. The van der Waals surface area contributed by atoms with Gasteiger partial charge in [0.2, 0.25) is 11.8 Å². The number of carbonyl (C=O) groups is 2. The maximum atomic E-state index is 12.6. The highest BCUT2D eigenvalue weighted by Crippen LogP contribution is 2.38. The van der Waals surface area contributed by atoms with E-state index in [2.05, 4.69) is 0 Å². The highest BCUT2D eigenvalue weighted by molar-refractivity contribution is 5.89. The van der Waals surface area contributed by atoms with Crippen LogP contribution in [0.3, 0.4) is 0 Å². The molecule has 0 aromatic carbocycles. The molecule has 3 aliphatic rings. The Kier molecular flexibility index (Phi) is 3.96. The predicted molar refractivity (Wildman–Crippen MR) is 74.0 cm³/mol. The molecular formula is C15H24N2O3. The summed E-state index contributed by atoms with van der Waals surface area (Å²) in [7, 11) is 0. The molecule has 2 aliphatic heterocycles. The zero-order valence-electron chi connectivity index (χ0n) is 12.2. The molecule has 2 heterocycles. The highest BCUT2D eigenvalue weighted by atomic mass is 16.5. The first kappa shape index (κ1) is 13.9. The monoisotopic (exact) mass is 280 g/mol. The van der Waals surface area contributed by atoms with Gasteiger partial charge in [0, 0.05) is 25.6 Å². The number of amides is 2. The molecule has 0 radical (unpaired) electrons. The summed E-state index contributed by atoms with van der Waals surface area (Å²) in [6.45, 7) is 5.33. The van der Waals surface area contributed by atoms with E-state index in [-0.39, 0.29) is 23.8 Å². The molecule has 2 atom stereocenters. The fourth-order valence-electron chi connectivity index (χ4n) is 3.34. The van der Waals surface area contributed by atoms with Crippen LogP contribution in [0.15, 0.2) is 0 Å². The third-order valence-electron chi connectivity index (χ3n) is 4.86. The van der Waals surface area contributed by atoms with Crippen LogP contribution in [-0.2, 0) is 14.3 Å². The Morgan fingerprint density at radius 1 is 1.10 bits per heavy atom. The Hall–Kier alpha value is -1.10. The summed E-state index contributed by atoms with van der Waals surface area (Å²) in [6.07, 6.45) is 4.11. The topological polar surface area (TPSA) is 49.9 Å². The van der Waals surface area contributed by atoms with Gasteiger partial charge in [0.15, 0.2) is 0 Å². The number of hydrogen-bond donors (Lipinski definition) is 0. The molecule has 0 bridgehead atoms. The minimum Gasteiger partial charge on any atom is -0.378 e. The van der Waals surface area contributed by atoms with Gasteiger partial charge < -0.3 is 14.5 Å². The van der Waals surface area contributed by atoms with Gasteiger partial charge >= 0.3 is 0 Å².